The van der Waals surface area contributed by atoms with Crippen molar-refractivity contribution in [3.05, 3.63) is 117 Å². The Morgan fingerprint density at radius 2 is 1.54 bits per heavy atom. The standard InChI is InChI=1S/C35H36F4N4O2S/c1-3-41(2)19-20-42(21-24-7-11-26(12-8-24)27-13-15-28(16-14-27)35(37,38)39)32(44)22-43-31-6-4-5-30(31)33(45)40-34(43)46-23-25-9-17-29(36)18-10-25/h7-18H,3-6,19-23H2,1-2H3. The topological polar surface area (TPSA) is 58.4 Å². The van der Waals surface area contributed by atoms with Crippen LogP contribution in [0.5, 0.6) is 0 Å². The molecule has 1 aromatic heterocycles. The Hall–Kier alpha value is -3.96. The molecule has 0 fully saturated rings. The zero-order chi connectivity index (χ0) is 32.8. The van der Waals surface area contributed by atoms with Gasteiger partial charge < -0.3 is 14.4 Å². The van der Waals surface area contributed by atoms with Crippen LogP contribution < -0.4 is 5.56 Å². The van der Waals surface area contributed by atoms with Crippen LogP contribution in [0.2, 0.25) is 0 Å². The molecule has 1 aliphatic carbocycles. The summed E-state index contributed by atoms with van der Waals surface area (Å²) in [7, 11) is 1.99. The number of likely N-dealkylation sites (N-methyl/N-ethyl adjacent to an activating group) is 1. The van der Waals surface area contributed by atoms with Crippen molar-refractivity contribution >= 4 is 17.7 Å². The van der Waals surface area contributed by atoms with Crippen LogP contribution in [-0.4, -0.2) is 51.9 Å². The largest absolute Gasteiger partial charge is 0.416 e. The van der Waals surface area contributed by atoms with E-state index in [2.05, 4.69) is 9.88 Å². The van der Waals surface area contributed by atoms with Crippen molar-refractivity contribution in [3.8, 4) is 11.1 Å². The molecule has 0 bridgehead atoms. The first-order chi connectivity index (χ1) is 22.0. The number of alkyl halides is 3. The third-order valence-corrected chi connectivity index (χ3v) is 9.34. The summed E-state index contributed by atoms with van der Waals surface area (Å²) in [4.78, 5) is 35.2. The highest BCUT2D eigenvalue weighted by Crippen LogP contribution is 2.31. The molecule has 0 radical (unpaired) electrons. The number of rotatable bonds is 12. The van der Waals surface area contributed by atoms with E-state index >= 15 is 0 Å². The van der Waals surface area contributed by atoms with E-state index in [4.69, 9.17) is 0 Å². The molecule has 1 heterocycles. The lowest BCUT2D eigenvalue weighted by Crippen LogP contribution is -2.39. The van der Waals surface area contributed by atoms with Gasteiger partial charge in [0.1, 0.15) is 12.4 Å². The number of halogens is 4. The molecule has 0 saturated carbocycles. The van der Waals surface area contributed by atoms with Gasteiger partial charge in [0, 0.05) is 36.6 Å². The Balaban J connectivity index is 1.36. The second kappa shape index (κ2) is 14.6. The first-order valence-corrected chi connectivity index (χ1v) is 16.2. The molecule has 0 N–H and O–H groups in total. The van der Waals surface area contributed by atoms with E-state index in [0.29, 0.717) is 54.5 Å². The second-order valence-corrected chi connectivity index (χ2v) is 12.4. The highest BCUT2D eigenvalue weighted by molar-refractivity contribution is 7.98. The molecular formula is C35H36F4N4O2S. The molecule has 4 aromatic rings. The van der Waals surface area contributed by atoms with Crippen LogP contribution in [-0.2, 0) is 42.7 Å². The number of nitrogens with zero attached hydrogens (tertiary/aromatic N) is 4. The van der Waals surface area contributed by atoms with Gasteiger partial charge in [-0.2, -0.15) is 18.2 Å². The normalized spacial score (nSPS) is 12.8. The number of aromatic nitrogens is 2. The van der Waals surface area contributed by atoms with Crippen molar-refractivity contribution in [1.82, 2.24) is 19.4 Å². The summed E-state index contributed by atoms with van der Waals surface area (Å²) in [5.41, 5.74) is 3.77. The fourth-order valence-electron chi connectivity index (χ4n) is 5.44. The third-order valence-electron chi connectivity index (χ3n) is 8.29. The lowest BCUT2D eigenvalue weighted by Gasteiger charge is -2.27. The lowest BCUT2D eigenvalue weighted by atomic mass is 10.0. The molecule has 1 amide bonds. The maximum atomic E-state index is 14.0. The van der Waals surface area contributed by atoms with E-state index in [1.54, 1.807) is 17.0 Å². The maximum absolute atomic E-state index is 14.0. The van der Waals surface area contributed by atoms with Crippen LogP contribution in [0.25, 0.3) is 11.1 Å². The summed E-state index contributed by atoms with van der Waals surface area (Å²) in [6.07, 6.45) is -2.25. The quantitative estimate of drug-likeness (QED) is 0.0955. The van der Waals surface area contributed by atoms with Gasteiger partial charge in [-0.05, 0) is 79.4 Å². The minimum atomic E-state index is -4.39. The maximum Gasteiger partial charge on any atom is 0.416 e. The number of carbonyl (C=O) groups excluding carboxylic acids is 1. The number of thioether (sulfide) groups is 1. The summed E-state index contributed by atoms with van der Waals surface area (Å²) >= 11 is 1.36. The van der Waals surface area contributed by atoms with Gasteiger partial charge in [0.15, 0.2) is 5.16 Å². The number of amides is 1. The minimum absolute atomic E-state index is 0.0286. The van der Waals surface area contributed by atoms with Crippen LogP contribution >= 0.6 is 11.8 Å². The molecule has 0 spiro atoms. The van der Waals surface area contributed by atoms with Crippen LogP contribution in [0.15, 0.2) is 82.7 Å². The Kier molecular flexibility index (Phi) is 10.6. The first-order valence-electron chi connectivity index (χ1n) is 15.2. The predicted molar refractivity (Wildman–Crippen MR) is 172 cm³/mol. The highest BCUT2D eigenvalue weighted by Gasteiger charge is 2.30. The smallest absolute Gasteiger partial charge is 0.336 e. The van der Waals surface area contributed by atoms with Crippen molar-refractivity contribution in [2.24, 2.45) is 0 Å². The molecule has 6 nitrogen and oxygen atoms in total. The van der Waals surface area contributed by atoms with E-state index in [1.165, 1.54) is 36.0 Å². The van der Waals surface area contributed by atoms with Crippen molar-refractivity contribution in [2.75, 3.05) is 26.7 Å². The number of hydrogen-bond acceptors (Lipinski definition) is 5. The molecule has 5 rings (SSSR count). The molecule has 0 saturated heterocycles. The molecule has 242 valence electrons. The van der Waals surface area contributed by atoms with Gasteiger partial charge in [0.2, 0.25) is 5.91 Å². The first kappa shape index (κ1) is 33.4. The summed E-state index contributed by atoms with van der Waals surface area (Å²) in [5, 5.41) is 0.467. The van der Waals surface area contributed by atoms with Crippen LogP contribution in [0.3, 0.4) is 0 Å². The molecule has 1 aliphatic rings. The number of fused-ring (bicyclic) bond motifs is 1. The Morgan fingerprint density at radius 1 is 0.913 bits per heavy atom. The predicted octanol–water partition coefficient (Wildman–Crippen LogP) is 6.83. The summed E-state index contributed by atoms with van der Waals surface area (Å²) < 4.78 is 54.3. The third kappa shape index (κ3) is 8.24. The molecule has 46 heavy (non-hydrogen) atoms. The molecule has 0 atom stereocenters. The van der Waals surface area contributed by atoms with Crippen molar-refractivity contribution in [2.45, 2.75) is 56.4 Å². The fourth-order valence-corrected chi connectivity index (χ4v) is 6.41. The van der Waals surface area contributed by atoms with Crippen LogP contribution in [0.1, 0.15) is 41.3 Å². The molecule has 0 unspecified atom stereocenters. The highest BCUT2D eigenvalue weighted by atomic mass is 32.2. The van der Waals surface area contributed by atoms with E-state index in [0.717, 1.165) is 47.5 Å². The van der Waals surface area contributed by atoms with Gasteiger partial charge in [-0.15, -0.1) is 0 Å². The average Bonchev–Trinajstić information content (AvgIpc) is 3.55. The zero-order valence-electron chi connectivity index (χ0n) is 25.8. The van der Waals surface area contributed by atoms with Gasteiger partial charge in [0.05, 0.1) is 5.56 Å². The SMILES string of the molecule is CCN(C)CCN(Cc1ccc(-c2ccc(C(F)(F)F)cc2)cc1)C(=O)Cn1c(SCc2ccc(F)cc2)nc(=O)c2c1CCC2. The van der Waals surface area contributed by atoms with Crippen molar-refractivity contribution in [1.29, 1.82) is 0 Å². The Labute approximate surface area is 270 Å². The summed E-state index contributed by atoms with van der Waals surface area (Å²) in [5.74, 6) is 0.0325. The van der Waals surface area contributed by atoms with Crippen molar-refractivity contribution in [3.63, 3.8) is 0 Å². The Bertz CT molecular complexity index is 1710. The molecule has 0 aliphatic heterocycles. The fraction of sp³-hybridized carbons (Fsp3) is 0.343. The molecule has 11 heteroatoms. The van der Waals surface area contributed by atoms with Gasteiger partial charge in [-0.3, -0.25) is 9.59 Å². The summed E-state index contributed by atoms with van der Waals surface area (Å²) in [6.45, 7) is 4.39. The Morgan fingerprint density at radius 3 is 2.17 bits per heavy atom. The van der Waals surface area contributed by atoms with E-state index < -0.39 is 11.7 Å². The van der Waals surface area contributed by atoms with Crippen LogP contribution in [0.4, 0.5) is 17.6 Å². The minimum Gasteiger partial charge on any atom is -0.336 e. The lowest BCUT2D eigenvalue weighted by molar-refractivity contribution is -0.137. The number of hydrogen-bond donors (Lipinski definition) is 0. The molecule has 3 aromatic carbocycles. The van der Waals surface area contributed by atoms with Gasteiger partial charge in [-0.1, -0.05) is 67.2 Å². The van der Waals surface area contributed by atoms with E-state index in [1.807, 2.05) is 42.8 Å². The van der Waals surface area contributed by atoms with Crippen LogP contribution in [0, 0.1) is 5.82 Å². The van der Waals surface area contributed by atoms with Gasteiger partial charge in [-0.25, -0.2) is 4.39 Å². The number of benzene rings is 3. The summed E-state index contributed by atoms with van der Waals surface area (Å²) in [6, 6.07) is 18.7. The molecular weight excluding hydrogens is 616 g/mol. The average molecular weight is 653 g/mol. The number of carbonyl (C=O) groups is 1. The van der Waals surface area contributed by atoms with Gasteiger partial charge in [0.25, 0.3) is 5.56 Å². The monoisotopic (exact) mass is 652 g/mol. The van der Waals surface area contributed by atoms with Crippen molar-refractivity contribution < 1.29 is 22.4 Å². The van der Waals surface area contributed by atoms with E-state index in [9.17, 15) is 27.2 Å². The van der Waals surface area contributed by atoms with E-state index in [-0.39, 0.29) is 23.8 Å². The van der Waals surface area contributed by atoms with Gasteiger partial charge >= 0.3 is 6.18 Å². The second-order valence-electron chi connectivity index (χ2n) is 11.5. The zero-order valence-corrected chi connectivity index (χ0v) is 26.6.